The fourth-order valence-corrected chi connectivity index (χ4v) is 1.10. The van der Waals surface area contributed by atoms with Crippen molar-refractivity contribution in [3.05, 3.63) is 11.9 Å². The van der Waals surface area contributed by atoms with E-state index in [-0.39, 0.29) is 19.3 Å². The fourth-order valence-electron chi connectivity index (χ4n) is 1.10. The third-order valence-corrected chi connectivity index (χ3v) is 2.04. The monoisotopic (exact) mass is 214 g/mol. The molecule has 1 atom stereocenters. The SMILES string of the molecule is CC(CO)NCc1cn(CCCO)nn1. The quantitative estimate of drug-likeness (QED) is 0.549. The normalized spacial score (nSPS) is 13.0. The molecule has 0 radical (unpaired) electrons. The first-order valence-electron chi connectivity index (χ1n) is 5.10. The van der Waals surface area contributed by atoms with Crippen molar-refractivity contribution < 1.29 is 10.2 Å². The molecule has 0 saturated heterocycles. The van der Waals surface area contributed by atoms with Gasteiger partial charge in [-0.1, -0.05) is 5.21 Å². The summed E-state index contributed by atoms with van der Waals surface area (Å²) in [4.78, 5) is 0. The number of aryl methyl sites for hydroxylation is 1. The van der Waals surface area contributed by atoms with Crippen LogP contribution < -0.4 is 5.32 Å². The van der Waals surface area contributed by atoms with Crippen LogP contribution in [-0.2, 0) is 13.1 Å². The molecule has 0 fully saturated rings. The molecule has 1 rings (SSSR count). The second kappa shape index (κ2) is 6.49. The molecular formula is C9H18N4O2. The van der Waals surface area contributed by atoms with E-state index in [4.69, 9.17) is 10.2 Å². The largest absolute Gasteiger partial charge is 0.396 e. The van der Waals surface area contributed by atoms with Gasteiger partial charge in [0.2, 0.25) is 0 Å². The molecule has 15 heavy (non-hydrogen) atoms. The van der Waals surface area contributed by atoms with Crippen LogP contribution in [-0.4, -0.2) is 44.5 Å². The van der Waals surface area contributed by atoms with Gasteiger partial charge in [-0.3, -0.25) is 4.68 Å². The van der Waals surface area contributed by atoms with Gasteiger partial charge in [-0.2, -0.15) is 0 Å². The van der Waals surface area contributed by atoms with Crippen LogP contribution in [0.25, 0.3) is 0 Å². The molecule has 86 valence electrons. The van der Waals surface area contributed by atoms with E-state index >= 15 is 0 Å². The summed E-state index contributed by atoms with van der Waals surface area (Å²) in [5, 5.41) is 28.4. The lowest BCUT2D eigenvalue weighted by Gasteiger charge is -2.07. The molecule has 1 heterocycles. The van der Waals surface area contributed by atoms with Crippen molar-refractivity contribution in [3.63, 3.8) is 0 Å². The van der Waals surface area contributed by atoms with Crippen LogP contribution in [0.1, 0.15) is 19.0 Å². The van der Waals surface area contributed by atoms with Crippen molar-refractivity contribution in [1.82, 2.24) is 20.3 Å². The lowest BCUT2D eigenvalue weighted by atomic mass is 10.3. The van der Waals surface area contributed by atoms with Crippen LogP contribution in [0.4, 0.5) is 0 Å². The summed E-state index contributed by atoms with van der Waals surface area (Å²) in [6.07, 6.45) is 2.52. The van der Waals surface area contributed by atoms with Crippen molar-refractivity contribution in [1.29, 1.82) is 0 Å². The molecule has 6 heteroatoms. The minimum atomic E-state index is 0.0626. The Hall–Kier alpha value is -0.980. The zero-order chi connectivity index (χ0) is 11.1. The maximum Gasteiger partial charge on any atom is 0.0964 e. The highest BCUT2D eigenvalue weighted by Gasteiger charge is 2.02. The molecule has 1 unspecified atom stereocenters. The van der Waals surface area contributed by atoms with E-state index in [0.29, 0.717) is 19.5 Å². The average molecular weight is 214 g/mol. The predicted molar refractivity (Wildman–Crippen MR) is 55.1 cm³/mol. The minimum absolute atomic E-state index is 0.0626. The van der Waals surface area contributed by atoms with Gasteiger partial charge < -0.3 is 15.5 Å². The summed E-state index contributed by atoms with van der Waals surface area (Å²) in [5.74, 6) is 0. The number of aromatic nitrogens is 3. The van der Waals surface area contributed by atoms with E-state index in [1.165, 1.54) is 0 Å². The van der Waals surface area contributed by atoms with Gasteiger partial charge in [0.15, 0.2) is 0 Å². The number of nitrogens with one attached hydrogen (secondary N) is 1. The van der Waals surface area contributed by atoms with Gasteiger partial charge in [0, 0.05) is 31.9 Å². The first kappa shape index (κ1) is 12.1. The summed E-state index contributed by atoms with van der Waals surface area (Å²) in [5.41, 5.74) is 0.841. The smallest absolute Gasteiger partial charge is 0.0964 e. The van der Waals surface area contributed by atoms with Gasteiger partial charge in [0.1, 0.15) is 0 Å². The lowest BCUT2D eigenvalue weighted by Crippen LogP contribution is -2.28. The molecular weight excluding hydrogens is 196 g/mol. The number of aliphatic hydroxyl groups is 2. The van der Waals surface area contributed by atoms with Gasteiger partial charge in [-0.15, -0.1) is 5.10 Å². The predicted octanol–water partition coefficient (Wildman–Crippen LogP) is -0.869. The first-order valence-corrected chi connectivity index (χ1v) is 5.10. The Morgan fingerprint density at radius 3 is 3.00 bits per heavy atom. The van der Waals surface area contributed by atoms with Crippen LogP contribution in [0.3, 0.4) is 0 Å². The maximum atomic E-state index is 8.80. The molecule has 0 amide bonds. The van der Waals surface area contributed by atoms with E-state index in [1.807, 2.05) is 13.1 Å². The maximum absolute atomic E-state index is 8.80. The highest BCUT2D eigenvalue weighted by Crippen LogP contribution is 1.95. The van der Waals surface area contributed by atoms with Gasteiger partial charge in [0.25, 0.3) is 0 Å². The Morgan fingerprint density at radius 2 is 2.33 bits per heavy atom. The standard InChI is InChI=1S/C9H18N4O2/c1-8(7-15)10-5-9-6-13(12-11-9)3-2-4-14/h6,8,10,14-15H,2-5,7H2,1H3. The molecule has 0 saturated carbocycles. The minimum Gasteiger partial charge on any atom is -0.396 e. The molecule has 0 aliphatic heterocycles. The van der Waals surface area contributed by atoms with Crippen molar-refractivity contribution in [2.75, 3.05) is 13.2 Å². The third kappa shape index (κ3) is 4.37. The highest BCUT2D eigenvalue weighted by molar-refractivity contribution is 4.91. The fraction of sp³-hybridized carbons (Fsp3) is 0.778. The number of aliphatic hydroxyl groups excluding tert-OH is 2. The lowest BCUT2D eigenvalue weighted by molar-refractivity contribution is 0.250. The van der Waals surface area contributed by atoms with Crippen LogP contribution in [0.5, 0.6) is 0 Å². The average Bonchev–Trinajstić information content (AvgIpc) is 2.71. The van der Waals surface area contributed by atoms with Gasteiger partial charge in [-0.25, -0.2) is 0 Å². The third-order valence-electron chi connectivity index (χ3n) is 2.04. The van der Waals surface area contributed by atoms with Crippen molar-refractivity contribution in [3.8, 4) is 0 Å². The van der Waals surface area contributed by atoms with Gasteiger partial charge in [0.05, 0.1) is 12.3 Å². The Morgan fingerprint density at radius 1 is 1.53 bits per heavy atom. The zero-order valence-corrected chi connectivity index (χ0v) is 8.93. The van der Waals surface area contributed by atoms with Crippen molar-refractivity contribution in [2.45, 2.75) is 32.5 Å². The molecule has 3 N–H and O–H groups in total. The second-order valence-electron chi connectivity index (χ2n) is 3.51. The van der Waals surface area contributed by atoms with Gasteiger partial charge in [-0.05, 0) is 13.3 Å². The van der Waals surface area contributed by atoms with Crippen molar-refractivity contribution >= 4 is 0 Å². The first-order chi connectivity index (χ1) is 7.26. The number of hydrogen-bond acceptors (Lipinski definition) is 5. The van der Waals surface area contributed by atoms with Crippen LogP contribution >= 0.6 is 0 Å². The van der Waals surface area contributed by atoms with E-state index < -0.39 is 0 Å². The molecule has 0 aromatic carbocycles. The molecule has 0 aliphatic rings. The number of rotatable bonds is 7. The Kier molecular flexibility index (Phi) is 5.23. The molecule has 1 aromatic heterocycles. The molecule has 1 aromatic rings. The van der Waals surface area contributed by atoms with Crippen LogP contribution in [0.2, 0.25) is 0 Å². The highest BCUT2D eigenvalue weighted by atomic mass is 16.3. The number of hydrogen-bond donors (Lipinski definition) is 3. The van der Waals surface area contributed by atoms with Crippen molar-refractivity contribution in [2.24, 2.45) is 0 Å². The van der Waals surface area contributed by atoms with E-state index in [2.05, 4.69) is 15.6 Å². The summed E-state index contributed by atoms with van der Waals surface area (Å²) in [6.45, 7) is 3.45. The summed E-state index contributed by atoms with van der Waals surface area (Å²) < 4.78 is 1.71. The zero-order valence-electron chi connectivity index (χ0n) is 8.93. The van der Waals surface area contributed by atoms with Gasteiger partial charge >= 0.3 is 0 Å². The summed E-state index contributed by atoms with van der Waals surface area (Å²) in [6, 6.07) is 0.0626. The summed E-state index contributed by atoms with van der Waals surface area (Å²) in [7, 11) is 0. The van der Waals surface area contributed by atoms with E-state index in [9.17, 15) is 0 Å². The molecule has 0 bridgehead atoms. The summed E-state index contributed by atoms with van der Waals surface area (Å²) >= 11 is 0. The topological polar surface area (TPSA) is 83.2 Å². The second-order valence-corrected chi connectivity index (χ2v) is 3.51. The Balaban J connectivity index is 2.32. The van der Waals surface area contributed by atoms with Crippen LogP contribution in [0.15, 0.2) is 6.20 Å². The van der Waals surface area contributed by atoms with E-state index in [1.54, 1.807) is 4.68 Å². The molecule has 0 spiro atoms. The van der Waals surface area contributed by atoms with Crippen LogP contribution in [0, 0.1) is 0 Å². The molecule has 6 nitrogen and oxygen atoms in total. The number of nitrogens with zero attached hydrogens (tertiary/aromatic N) is 3. The van der Waals surface area contributed by atoms with E-state index in [0.717, 1.165) is 5.69 Å². The Labute approximate surface area is 88.9 Å². The Bertz CT molecular complexity index is 277. The molecule has 0 aliphatic carbocycles.